The highest BCUT2D eigenvalue weighted by molar-refractivity contribution is 9.10. The van der Waals surface area contributed by atoms with E-state index in [1.54, 1.807) is 0 Å². The highest BCUT2D eigenvalue weighted by Gasteiger charge is 2.36. The van der Waals surface area contributed by atoms with Crippen LogP contribution >= 0.6 is 15.9 Å². The van der Waals surface area contributed by atoms with E-state index in [0.717, 1.165) is 4.47 Å². The number of rotatable bonds is 3. The fourth-order valence-electron chi connectivity index (χ4n) is 10.9. The molecule has 58 heavy (non-hydrogen) atoms. The smallest absolute Gasteiger partial charge is 0.0181 e. The summed E-state index contributed by atoms with van der Waals surface area (Å²) < 4.78 is 1.08. The molecule has 0 heterocycles. The quantitative estimate of drug-likeness (QED) is 0.156. The Morgan fingerprint density at radius 2 is 0.845 bits per heavy atom. The van der Waals surface area contributed by atoms with Gasteiger partial charge in [0.25, 0.3) is 0 Å². The topological polar surface area (TPSA) is 0 Å². The lowest BCUT2D eigenvalue weighted by molar-refractivity contribution is 0.661. The molecule has 12 rings (SSSR count). The molecule has 2 aliphatic carbocycles. The molecule has 2 aliphatic rings. The van der Waals surface area contributed by atoms with Gasteiger partial charge in [-0.3, -0.25) is 0 Å². The molecule has 10 aromatic carbocycles. The summed E-state index contributed by atoms with van der Waals surface area (Å²) in [7, 11) is 0. The van der Waals surface area contributed by atoms with Crippen LogP contribution in [-0.2, 0) is 5.41 Å². The van der Waals surface area contributed by atoms with Crippen molar-refractivity contribution in [1.29, 1.82) is 0 Å². The van der Waals surface area contributed by atoms with E-state index in [4.69, 9.17) is 0 Å². The Morgan fingerprint density at radius 1 is 0.328 bits per heavy atom. The van der Waals surface area contributed by atoms with Gasteiger partial charge in [0.15, 0.2) is 0 Å². The number of fused-ring (bicyclic) bond motifs is 9. The number of hydrogen-bond donors (Lipinski definition) is 0. The number of aryl methyl sites for hydroxylation is 2. The minimum Gasteiger partial charge on any atom is -0.0620 e. The molecule has 0 unspecified atom stereocenters. The van der Waals surface area contributed by atoms with Gasteiger partial charge in [-0.05, 0) is 170 Å². The summed E-state index contributed by atoms with van der Waals surface area (Å²) in [5, 5.41) is 10.3. The van der Waals surface area contributed by atoms with Crippen molar-refractivity contribution in [2.45, 2.75) is 33.1 Å². The zero-order chi connectivity index (χ0) is 39.0. The van der Waals surface area contributed by atoms with Crippen molar-refractivity contribution >= 4 is 59.0 Å². The first kappa shape index (κ1) is 33.8. The lowest BCUT2D eigenvalue weighted by Gasteiger charge is -2.25. The third-order valence-electron chi connectivity index (χ3n) is 13.6. The summed E-state index contributed by atoms with van der Waals surface area (Å²) in [5.41, 5.74) is 20.9. The van der Waals surface area contributed by atoms with E-state index < -0.39 is 0 Å². The monoisotopic (exact) mass is 802 g/mol. The standard InChI is InChI=1S/C57H39Br/c1-32-13-5-6-15-35(32)42-25-27-44(40-19-11-14-33(2)53(40)42)55-46-24-23-34(58)29-48(46)56(50-31-52-47(30-49(50)55)38-18-9-10-22-51(38)57(52,3)4)45-28-26-43-37-17-8-7-16-36(37)39-20-12-21-41(45)54(39)43/h5-31H,1-4H3. The molecule has 0 atom stereocenters. The second-order valence-electron chi connectivity index (χ2n) is 17.0. The predicted molar refractivity (Wildman–Crippen MR) is 252 cm³/mol. The van der Waals surface area contributed by atoms with Crippen molar-refractivity contribution < 1.29 is 0 Å². The molecule has 0 aliphatic heterocycles. The minimum absolute atomic E-state index is 0.146. The van der Waals surface area contributed by atoms with E-state index >= 15 is 0 Å². The summed E-state index contributed by atoms with van der Waals surface area (Å²) in [6.07, 6.45) is 0. The van der Waals surface area contributed by atoms with Crippen LogP contribution < -0.4 is 0 Å². The largest absolute Gasteiger partial charge is 0.0620 e. The van der Waals surface area contributed by atoms with Gasteiger partial charge in [0.05, 0.1) is 0 Å². The van der Waals surface area contributed by atoms with Gasteiger partial charge in [0.1, 0.15) is 0 Å². The van der Waals surface area contributed by atoms with E-state index in [9.17, 15) is 0 Å². The van der Waals surface area contributed by atoms with E-state index in [-0.39, 0.29) is 5.41 Å². The molecule has 0 spiro atoms. The van der Waals surface area contributed by atoms with Gasteiger partial charge >= 0.3 is 0 Å². The maximum absolute atomic E-state index is 3.97. The molecule has 274 valence electrons. The van der Waals surface area contributed by atoms with Crippen LogP contribution in [0.2, 0.25) is 0 Å². The molecular formula is C57H39Br. The molecule has 1 heteroatoms. The van der Waals surface area contributed by atoms with Crippen LogP contribution in [0.15, 0.2) is 168 Å². The van der Waals surface area contributed by atoms with Crippen LogP contribution in [0.5, 0.6) is 0 Å². The molecule has 0 nitrogen and oxygen atoms in total. The Balaban J connectivity index is 1.27. The second-order valence-corrected chi connectivity index (χ2v) is 17.9. The molecule has 0 N–H and O–H groups in total. The normalized spacial score (nSPS) is 13.4. The second kappa shape index (κ2) is 12.1. The van der Waals surface area contributed by atoms with Gasteiger partial charge in [0.2, 0.25) is 0 Å². The Morgan fingerprint density at radius 3 is 1.59 bits per heavy atom. The van der Waals surface area contributed by atoms with Gasteiger partial charge in [-0.1, -0.05) is 169 Å². The molecule has 0 aromatic heterocycles. The third-order valence-corrected chi connectivity index (χ3v) is 14.0. The summed E-state index contributed by atoms with van der Waals surface area (Å²) >= 11 is 3.97. The molecule has 0 bridgehead atoms. The molecule has 0 fully saturated rings. The van der Waals surface area contributed by atoms with Gasteiger partial charge < -0.3 is 0 Å². The molecule has 0 radical (unpaired) electrons. The number of halogens is 1. The maximum atomic E-state index is 3.97. The fourth-order valence-corrected chi connectivity index (χ4v) is 11.3. The predicted octanol–water partition coefficient (Wildman–Crippen LogP) is 16.6. The van der Waals surface area contributed by atoms with Crippen molar-refractivity contribution in [3.05, 3.63) is 191 Å². The maximum Gasteiger partial charge on any atom is 0.0181 e. The lowest BCUT2D eigenvalue weighted by atomic mass is 9.78. The highest BCUT2D eigenvalue weighted by atomic mass is 79.9. The van der Waals surface area contributed by atoms with Crippen molar-refractivity contribution in [2.24, 2.45) is 0 Å². The summed E-state index contributed by atoms with van der Waals surface area (Å²) in [5.74, 6) is 0. The van der Waals surface area contributed by atoms with Crippen molar-refractivity contribution in [2.75, 3.05) is 0 Å². The first-order valence-corrected chi connectivity index (χ1v) is 21.2. The molecule has 0 saturated carbocycles. The Bertz CT molecular complexity index is 3420. The van der Waals surface area contributed by atoms with E-state index in [2.05, 4.69) is 207 Å². The lowest BCUT2D eigenvalue weighted by Crippen LogP contribution is -2.14. The Labute approximate surface area is 347 Å². The Kier molecular flexibility index (Phi) is 7.07. The third kappa shape index (κ3) is 4.51. The van der Waals surface area contributed by atoms with Crippen molar-refractivity contribution in [1.82, 2.24) is 0 Å². The van der Waals surface area contributed by atoms with Crippen LogP contribution in [-0.4, -0.2) is 0 Å². The fraction of sp³-hybridized carbons (Fsp3) is 0.0877. The number of benzene rings is 10. The van der Waals surface area contributed by atoms with Crippen LogP contribution in [0, 0.1) is 13.8 Å². The summed E-state index contributed by atoms with van der Waals surface area (Å²) in [6, 6.07) is 62.1. The molecule has 10 aromatic rings. The van der Waals surface area contributed by atoms with Crippen LogP contribution in [0.25, 0.3) is 110 Å². The summed E-state index contributed by atoms with van der Waals surface area (Å²) in [6.45, 7) is 9.30. The van der Waals surface area contributed by atoms with E-state index in [0.29, 0.717) is 0 Å². The van der Waals surface area contributed by atoms with Crippen molar-refractivity contribution in [3.8, 4) is 66.8 Å². The van der Waals surface area contributed by atoms with Crippen LogP contribution in [0.4, 0.5) is 0 Å². The zero-order valence-corrected chi connectivity index (χ0v) is 34.6. The van der Waals surface area contributed by atoms with Gasteiger partial charge in [0, 0.05) is 9.89 Å². The SMILES string of the molecule is Cc1ccccc1-c1ccc(-c2c3ccc(Br)cc3c(-c3ccc4c5c(cccc35)-c3ccccc3-4)c3cc4c(cc23)-c2ccccc2C4(C)C)c2cccc(C)c12. The minimum atomic E-state index is -0.146. The van der Waals surface area contributed by atoms with E-state index in [1.165, 1.54) is 132 Å². The Hall–Kier alpha value is -6.28. The average Bonchev–Trinajstić information content (AvgIpc) is 3.68. The average molecular weight is 804 g/mol. The zero-order valence-electron chi connectivity index (χ0n) is 33.0. The van der Waals surface area contributed by atoms with Crippen molar-refractivity contribution in [3.63, 3.8) is 0 Å². The van der Waals surface area contributed by atoms with Gasteiger partial charge in [-0.2, -0.15) is 0 Å². The van der Waals surface area contributed by atoms with Gasteiger partial charge in [-0.15, -0.1) is 0 Å². The number of hydrogen-bond acceptors (Lipinski definition) is 0. The van der Waals surface area contributed by atoms with Gasteiger partial charge in [-0.25, -0.2) is 0 Å². The van der Waals surface area contributed by atoms with Crippen LogP contribution in [0.3, 0.4) is 0 Å². The molecular weight excluding hydrogens is 765 g/mol. The van der Waals surface area contributed by atoms with Crippen LogP contribution in [0.1, 0.15) is 36.1 Å². The van der Waals surface area contributed by atoms with E-state index in [1.807, 2.05) is 0 Å². The first-order valence-electron chi connectivity index (χ1n) is 20.4. The summed E-state index contributed by atoms with van der Waals surface area (Å²) in [4.78, 5) is 0. The first-order chi connectivity index (χ1) is 28.3. The molecule has 0 amide bonds. The molecule has 0 saturated heterocycles. The highest BCUT2D eigenvalue weighted by Crippen LogP contribution is 2.56.